The summed E-state index contributed by atoms with van der Waals surface area (Å²) in [5, 5.41) is 4.04. The maximum absolute atomic E-state index is 13.4. The molecule has 0 spiro atoms. The van der Waals surface area contributed by atoms with Crippen molar-refractivity contribution in [3.05, 3.63) is 82.9 Å². The van der Waals surface area contributed by atoms with Crippen molar-refractivity contribution in [2.45, 2.75) is 38.5 Å². The second-order valence-electron chi connectivity index (χ2n) is 8.38. The van der Waals surface area contributed by atoms with Crippen LogP contribution in [0.3, 0.4) is 0 Å². The van der Waals surface area contributed by atoms with Crippen LogP contribution in [0, 0.1) is 13.8 Å². The van der Waals surface area contributed by atoms with Gasteiger partial charge in [-0.1, -0.05) is 12.1 Å². The fourth-order valence-corrected chi connectivity index (χ4v) is 5.00. The van der Waals surface area contributed by atoms with Gasteiger partial charge < -0.3 is 19.5 Å². The highest BCUT2D eigenvalue weighted by Gasteiger charge is 2.41. The molecule has 2 atom stereocenters. The summed E-state index contributed by atoms with van der Waals surface area (Å²) in [6, 6.07) is 12.9. The van der Waals surface area contributed by atoms with Gasteiger partial charge in [-0.15, -0.1) is 0 Å². The normalized spacial score (nSPS) is 18.4. The van der Waals surface area contributed by atoms with Crippen molar-refractivity contribution < 1.29 is 17.9 Å². The van der Waals surface area contributed by atoms with Crippen molar-refractivity contribution in [2.24, 2.45) is 0 Å². The monoisotopic (exact) mass is 488 g/mol. The zero-order chi connectivity index (χ0) is 24.5. The molecule has 1 fully saturated rings. The lowest BCUT2D eigenvalue weighted by Gasteiger charge is -2.28. The zero-order valence-corrected chi connectivity index (χ0v) is 20.1. The number of ether oxygens (including phenoxy) is 1. The molecule has 3 aromatic rings. The van der Waals surface area contributed by atoms with Gasteiger partial charge in [0.15, 0.2) is 5.11 Å². The first-order chi connectivity index (χ1) is 16.2. The lowest BCUT2D eigenvalue weighted by molar-refractivity contribution is -0.137. The van der Waals surface area contributed by atoms with E-state index in [-0.39, 0.29) is 12.1 Å². The van der Waals surface area contributed by atoms with E-state index in [1.807, 2.05) is 42.7 Å². The maximum Gasteiger partial charge on any atom is 0.416 e. The average molecular weight is 489 g/mol. The fourth-order valence-electron chi connectivity index (χ4n) is 4.67. The van der Waals surface area contributed by atoms with Crippen LogP contribution in [0.25, 0.3) is 5.69 Å². The summed E-state index contributed by atoms with van der Waals surface area (Å²) in [4.78, 5) is 6.68. The lowest BCUT2D eigenvalue weighted by atomic mass is 9.96. The number of aryl methyl sites for hydroxylation is 1. The number of hydrogen-bond donors (Lipinski definition) is 1. The molecule has 4 rings (SSSR count). The Labute approximate surface area is 202 Å². The molecule has 2 aromatic heterocycles. The van der Waals surface area contributed by atoms with Crippen molar-refractivity contribution >= 4 is 17.3 Å². The van der Waals surface area contributed by atoms with E-state index in [2.05, 4.69) is 15.2 Å². The van der Waals surface area contributed by atoms with Crippen LogP contribution in [-0.2, 0) is 10.9 Å². The number of benzene rings is 1. The van der Waals surface area contributed by atoms with Crippen LogP contribution in [0.5, 0.6) is 0 Å². The highest BCUT2D eigenvalue weighted by atomic mass is 32.1. The fraction of sp³-hybridized carbons (Fsp3) is 0.360. The molecule has 9 heteroatoms. The third-order valence-electron chi connectivity index (χ3n) is 6.17. The Hall–Kier alpha value is -2.91. The summed E-state index contributed by atoms with van der Waals surface area (Å²) in [6.07, 6.45) is -1.87. The topological polar surface area (TPSA) is 42.3 Å². The number of nitrogens with one attached hydrogen (secondary N) is 1. The molecule has 5 nitrogen and oxygen atoms in total. The number of hydrogen-bond acceptors (Lipinski definition) is 3. The van der Waals surface area contributed by atoms with Gasteiger partial charge in [0.2, 0.25) is 0 Å². The van der Waals surface area contributed by atoms with Crippen molar-refractivity contribution in [1.29, 1.82) is 0 Å². The van der Waals surface area contributed by atoms with E-state index < -0.39 is 11.7 Å². The van der Waals surface area contributed by atoms with Gasteiger partial charge in [0, 0.05) is 43.5 Å². The molecule has 0 unspecified atom stereocenters. The van der Waals surface area contributed by atoms with Gasteiger partial charge in [0.25, 0.3) is 0 Å². The number of aromatic nitrogens is 2. The second kappa shape index (κ2) is 9.76. The number of rotatable bonds is 7. The van der Waals surface area contributed by atoms with Gasteiger partial charge in [-0.2, -0.15) is 13.2 Å². The molecule has 34 heavy (non-hydrogen) atoms. The summed E-state index contributed by atoms with van der Waals surface area (Å²) in [7, 11) is 1.66. The summed E-state index contributed by atoms with van der Waals surface area (Å²) in [6.45, 7) is 5.12. The highest BCUT2D eigenvalue weighted by molar-refractivity contribution is 7.80. The van der Waals surface area contributed by atoms with Gasteiger partial charge in [-0.05, 0) is 74.4 Å². The number of nitrogens with zero attached hydrogens (tertiary/aromatic N) is 3. The third-order valence-corrected chi connectivity index (χ3v) is 6.52. The third kappa shape index (κ3) is 4.67. The zero-order valence-electron chi connectivity index (χ0n) is 19.3. The van der Waals surface area contributed by atoms with Gasteiger partial charge in [-0.3, -0.25) is 4.98 Å². The summed E-state index contributed by atoms with van der Waals surface area (Å²) < 4.78 is 47.2. The van der Waals surface area contributed by atoms with Crippen molar-refractivity contribution in [1.82, 2.24) is 19.8 Å². The van der Waals surface area contributed by atoms with E-state index in [1.165, 1.54) is 12.1 Å². The van der Waals surface area contributed by atoms with Gasteiger partial charge in [0.05, 0.1) is 23.3 Å². The van der Waals surface area contributed by atoms with Crippen LogP contribution in [-0.4, -0.2) is 39.8 Å². The number of alkyl halides is 3. The van der Waals surface area contributed by atoms with E-state index in [0.717, 1.165) is 35.1 Å². The molecule has 1 N–H and O–H groups in total. The molecule has 1 aromatic carbocycles. The minimum Gasteiger partial charge on any atom is -0.385 e. The molecule has 1 saturated heterocycles. The van der Waals surface area contributed by atoms with Crippen LogP contribution < -0.4 is 5.32 Å². The minimum atomic E-state index is -4.41. The van der Waals surface area contributed by atoms with E-state index in [1.54, 1.807) is 19.4 Å². The second-order valence-corrected chi connectivity index (χ2v) is 8.76. The Morgan fingerprint density at radius 3 is 2.59 bits per heavy atom. The molecule has 180 valence electrons. The Morgan fingerprint density at radius 2 is 1.91 bits per heavy atom. The molecule has 3 heterocycles. The van der Waals surface area contributed by atoms with E-state index >= 15 is 0 Å². The van der Waals surface area contributed by atoms with Crippen LogP contribution in [0.15, 0.2) is 54.7 Å². The van der Waals surface area contributed by atoms with Crippen LogP contribution in [0.4, 0.5) is 13.2 Å². The predicted octanol–water partition coefficient (Wildman–Crippen LogP) is 5.52. The lowest BCUT2D eigenvalue weighted by Crippen LogP contribution is -2.31. The number of methoxy groups -OCH3 is 1. The Bertz CT molecular complexity index is 1160. The highest BCUT2D eigenvalue weighted by Crippen LogP contribution is 2.41. The van der Waals surface area contributed by atoms with Crippen LogP contribution in [0.1, 0.15) is 46.7 Å². The van der Waals surface area contributed by atoms with Gasteiger partial charge in [0.1, 0.15) is 0 Å². The molecule has 0 radical (unpaired) electrons. The van der Waals surface area contributed by atoms with E-state index in [4.69, 9.17) is 17.0 Å². The largest absolute Gasteiger partial charge is 0.416 e. The van der Waals surface area contributed by atoms with Crippen molar-refractivity contribution in [2.75, 3.05) is 20.3 Å². The molecule has 1 aliphatic rings. The van der Waals surface area contributed by atoms with Crippen LogP contribution >= 0.6 is 12.2 Å². The first-order valence-corrected chi connectivity index (χ1v) is 11.5. The summed E-state index contributed by atoms with van der Waals surface area (Å²) >= 11 is 5.69. The SMILES string of the molecule is COCCCN1C(=S)N[C@@H](c2ccccn2)[C@@H]1c1cc(C)n(-c2cccc(C(F)(F)F)c2)c1C. The maximum atomic E-state index is 13.4. The summed E-state index contributed by atoms with van der Waals surface area (Å²) in [5.41, 5.74) is 3.37. The molecule has 0 saturated carbocycles. The van der Waals surface area contributed by atoms with Crippen LogP contribution in [0.2, 0.25) is 0 Å². The average Bonchev–Trinajstić information content (AvgIpc) is 3.29. The first-order valence-electron chi connectivity index (χ1n) is 11.1. The van der Waals surface area contributed by atoms with Crippen molar-refractivity contribution in [3.8, 4) is 5.69 Å². The summed E-state index contributed by atoms with van der Waals surface area (Å²) in [5.74, 6) is 0. The van der Waals surface area contributed by atoms with Gasteiger partial charge >= 0.3 is 6.18 Å². The quantitative estimate of drug-likeness (QED) is 0.351. The number of halogens is 3. The van der Waals surface area contributed by atoms with E-state index in [9.17, 15) is 13.2 Å². The Morgan fingerprint density at radius 1 is 1.12 bits per heavy atom. The minimum absolute atomic E-state index is 0.162. The molecule has 0 aliphatic carbocycles. The molecular weight excluding hydrogens is 461 g/mol. The standard InChI is InChI=1S/C25H27F3N4OS/c1-16-14-20(17(2)32(16)19-9-6-8-18(15-19)25(26,27)28)23-22(21-10-4-5-11-29-21)30-24(34)31(23)12-7-13-33-3/h4-6,8-11,14-15,22-23H,7,12-13H2,1-3H3,(H,30,34)/t22-,23-/m0/s1. The molecule has 0 amide bonds. The molecular formula is C25H27F3N4OS. The Balaban J connectivity index is 1.79. The van der Waals surface area contributed by atoms with E-state index in [0.29, 0.717) is 24.0 Å². The van der Waals surface area contributed by atoms with Gasteiger partial charge in [-0.25, -0.2) is 0 Å². The number of pyridine rings is 1. The first kappa shape index (κ1) is 24.2. The Kier molecular flexibility index (Phi) is 6.95. The smallest absolute Gasteiger partial charge is 0.385 e. The molecule has 0 bridgehead atoms. The molecule has 1 aliphatic heterocycles. The predicted molar refractivity (Wildman–Crippen MR) is 129 cm³/mol. The number of thiocarbonyl (C=S) groups is 1. The van der Waals surface area contributed by atoms with Crippen molar-refractivity contribution in [3.63, 3.8) is 0 Å².